The fourth-order valence-corrected chi connectivity index (χ4v) is 1.09. The van der Waals surface area contributed by atoms with Gasteiger partial charge in [-0.2, -0.15) is 0 Å². The zero-order valence-corrected chi connectivity index (χ0v) is 7.50. The van der Waals surface area contributed by atoms with Crippen LogP contribution in [0.5, 0.6) is 0 Å². The zero-order chi connectivity index (χ0) is 9.30. The highest BCUT2D eigenvalue weighted by atomic mass is 35.5. The highest BCUT2D eigenvalue weighted by Crippen LogP contribution is 2.25. The molecule has 0 aliphatic rings. The topological polar surface area (TPSA) is 25.8 Å². The van der Waals surface area contributed by atoms with Gasteiger partial charge in [-0.15, -0.1) is 0 Å². The lowest BCUT2D eigenvalue weighted by molar-refractivity contribution is 0.145. The fourth-order valence-electron chi connectivity index (χ4n) is 0.691. The van der Waals surface area contributed by atoms with Crippen molar-refractivity contribution in [2.75, 3.05) is 0 Å². The van der Waals surface area contributed by atoms with E-state index in [-0.39, 0.29) is 16.0 Å². The molecule has 12 heavy (non-hydrogen) atoms. The number of halogens is 4. The summed E-state index contributed by atoms with van der Waals surface area (Å²) in [4.78, 5) is 6.86. The van der Waals surface area contributed by atoms with Gasteiger partial charge in [-0.05, 0) is 18.5 Å². The average molecular weight is 213 g/mol. The Labute approximate surface area is 77.5 Å². The maximum Gasteiger partial charge on any atom is 0.280 e. The summed E-state index contributed by atoms with van der Waals surface area (Å²) < 4.78 is 24.4. The van der Waals surface area contributed by atoms with Crippen LogP contribution < -0.4 is 0 Å². The van der Waals surface area contributed by atoms with Crippen molar-refractivity contribution in [3.05, 3.63) is 21.7 Å². The Morgan fingerprint density at radius 1 is 1.25 bits per heavy atom. The highest BCUT2D eigenvalue weighted by molar-refractivity contribution is 6.32. The molecule has 1 aromatic rings. The van der Waals surface area contributed by atoms with Crippen LogP contribution in [0.1, 0.15) is 17.7 Å². The second kappa shape index (κ2) is 3.49. The first-order valence-electron chi connectivity index (χ1n) is 3.00. The molecule has 0 unspecified atom stereocenters. The largest absolute Gasteiger partial charge is 0.280 e. The molecule has 0 fully saturated rings. The molecule has 0 spiro atoms. The van der Waals surface area contributed by atoms with E-state index < -0.39 is 12.1 Å². The molecule has 0 N–H and O–H groups in total. The number of hydrogen-bond donors (Lipinski definition) is 0. The van der Waals surface area contributed by atoms with Crippen molar-refractivity contribution in [1.82, 2.24) is 9.97 Å². The summed E-state index contributed by atoms with van der Waals surface area (Å²) in [6, 6.07) is 0. The van der Waals surface area contributed by atoms with E-state index in [4.69, 9.17) is 23.2 Å². The van der Waals surface area contributed by atoms with Crippen molar-refractivity contribution in [3.8, 4) is 0 Å². The standard InChI is InChI=1S/C6H4Cl2F2N2/c1-2-3(5(9)10)11-6(8)12-4(2)7/h5H,1H3. The lowest BCUT2D eigenvalue weighted by atomic mass is 10.3. The lowest BCUT2D eigenvalue weighted by Gasteiger charge is -2.04. The molecule has 0 radical (unpaired) electrons. The molecule has 1 rings (SSSR count). The van der Waals surface area contributed by atoms with Gasteiger partial charge in [-0.1, -0.05) is 11.6 Å². The molecule has 0 atom stereocenters. The first-order chi connectivity index (χ1) is 5.52. The smallest absolute Gasteiger partial charge is 0.217 e. The molecule has 0 aliphatic heterocycles. The normalized spacial score (nSPS) is 10.8. The second-order valence-corrected chi connectivity index (χ2v) is 2.79. The Hall–Kier alpha value is -0.480. The minimum Gasteiger partial charge on any atom is -0.217 e. The molecule has 0 aliphatic carbocycles. The summed E-state index contributed by atoms with van der Waals surface area (Å²) in [7, 11) is 0. The van der Waals surface area contributed by atoms with E-state index in [0.29, 0.717) is 0 Å². The van der Waals surface area contributed by atoms with Gasteiger partial charge in [-0.3, -0.25) is 0 Å². The number of hydrogen-bond acceptors (Lipinski definition) is 2. The maximum absolute atomic E-state index is 12.2. The first kappa shape index (κ1) is 9.61. The van der Waals surface area contributed by atoms with Gasteiger partial charge in [-0.25, -0.2) is 18.7 Å². The van der Waals surface area contributed by atoms with Crippen molar-refractivity contribution in [2.45, 2.75) is 13.3 Å². The SMILES string of the molecule is Cc1c(Cl)nc(Cl)nc1C(F)F. The van der Waals surface area contributed by atoms with Crippen LogP contribution in [0.4, 0.5) is 8.78 Å². The van der Waals surface area contributed by atoms with Gasteiger partial charge in [0.15, 0.2) is 0 Å². The van der Waals surface area contributed by atoms with Crippen LogP contribution in [0.2, 0.25) is 10.4 Å². The van der Waals surface area contributed by atoms with E-state index in [0.717, 1.165) is 0 Å². The van der Waals surface area contributed by atoms with E-state index >= 15 is 0 Å². The molecule has 1 aromatic heterocycles. The summed E-state index contributed by atoms with van der Waals surface area (Å²) in [5.74, 6) is 0. The van der Waals surface area contributed by atoms with E-state index in [1.165, 1.54) is 6.92 Å². The molecule has 0 amide bonds. The number of alkyl halides is 2. The van der Waals surface area contributed by atoms with Gasteiger partial charge < -0.3 is 0 Å². The van der Waals surface area contributed by atoms with Crippen molar-refractivity contribution in [3.63, 3.8) is 0 Å². The molecule has 0 saturated carbocycles. The van der Waals surface area contributed by atoms with Gasteiger partial charge >= 0.3 is 0 Å². The predicted octanol–water partition coefficient (Wildman–Crippen LogP) is 3.03. The van der Waals surface area contributed by atoms with E-state index in [9.17, 15) is 8.78 Å². The van der Waals surface area contributed by atoms with Crippen LogP contribution in [0.3, 0.4) is 0 Å². The Morgan fingerprint density at radius 3 is 2.33 bits per heavy atom. The van der Waals surface area contributed by atoms with Crippen molar-refractivity contribution in [2.24, 2.45) is 0 Å². The third kappa shape index (κ3) is 1.81. The van der Waals surface area contributed by atoms with Gasteiger partial charge in [0.05, 0.1) is 0 Å². The Morgan fingerprint density at radius 2 is 1.83 bits per heavy atom. The lowest BCUT2D eigenvalue weighted by Crippen LogP contribution is -1.98. The van der Waals surface area contributed by atoms with Crippen molar-refractivity contribution < 1.29 is 8.78 Å². The molecule has 2 nitrogen and oxygen atoms in total. The Kier molecular flexibility index (Phi) is 2.80. The predicted molar refractivity (Wildman–Crippen MR) is 41.7 cm³/mol. The number of aromatic nitrogens is 2. The molecule has 0 saturated heterocycles. The van der Waals surface area contributed by atoms with Crippen molar-refractivity contribution in [1.29, 1.82) is 0 Å². The number of nitrogens with zero attached hydrogens (tertiary/aromatic N) is 2. The third-order valence-corrected chi connectivity index (χ3v) is 1.84. The van der Waals surface area contributed by atoms with Crippen LogP contribution in [-0.2, 0) is 0 Å². The quantitative estimate of drug-likeness (QED) is 0.529. The fraction of sp³-hybridized carbons (Fsp3) is 0.333. The van der Waals surface area contributed by atoms with E-state index in [1.807, 2.05) is 0 Å². The molecule has 1 heterocycles. The molecule has 6 heteroatoms. The minimum absolute atomic E-state index is 0.0368. The van der Waals surface area contributed by atoms with Crippen LogP contribution in [0.25, 0.3) is 0 Å². The van der Waals surface area contributed by atoms with Crippen LogP contribution in [0.15, 0.2) is 0 Å². The summed E-state index contributed by atoms with van der Waals surface area (Å²) in [6.07, 6.45) is -2.68. The van der Waals surface area contributed by atoms with Gasteiger partial charge in [0.1, 0.15) is 10.8 Å². The number of rotatable bonds is 1. The second-order valence-electron chi connectivity index (χ2n) is 2.09. The summed E-state index contributed by atoms with van der Waals surface area (Å²) in [6.45, 7) is 1.42. The summed E-state index contributed by atoms with van der Waals surface area (Å²) in [5.41, 5.74) is -0.254. The Balaban J connectivity index is 3.28. The van der Waals surface area contributed by atoms with E-state index in [1.54, 1.807) is 0 Å². The summed E-state index contributed by atoms with van der Waals surface area (Å²) >= 11 is 10.8. The molecule has 0 aromatic carbocycles. The molecular formula is C6H4Cl2F2N2. The molecule has 66 valence electrons. The van der Waals surface area contributed by atoms with Crippen molar-refractivity contribution >= 4 is 23.2 Å². The Bertz CT molecular complexity index is 304. The van der Waals surface area contributed by atoms with Gasteiger partial charge in [0, 0.05) is 5.56 Å². The molecule has 0 bridgehead atoms. The van der Waals surface area contributed by atoms with Crippen LogP contribution in [0, 0.1) is 6.92 Å². The van der Waals surface area contributed by atoms with Crippen LogP contribution in [-0.4, -0.2) is 9.97 Å². The third-order valence-electron chi connectivity index (χ3n) is 1.30. The van der Waals surface area contributed by atoms with Gasteiger partial charge in [0.2, 0.25) is 5.28 Å². The minimum atomic E-state index is -2.68. The van der Waals surface area contributed by atoms with Crippen LogP contribution >= 0.6 is 23.2 Å². The maximum atomic E-state index is 12.2. The summed E-state index contributed by atoms with van der Waals surface area (Å²) in [5, 5.41) is -0.300. The van der Waals surface area contributed by atoms with E-state index in [2.05, 4.69) is 9.97 Å². The molecular weight excluding hydrogens is 209 g/mol. The first-order valence-corrected chi connectivity index (χ1v) is 3.75. The monoisotopic (exact) mass is 212 g/mol. The highest BCUT2D eigenvalue weighted by Gasteiger charge is 2.16. The zero-order valence-electron chi connectivity index (χ0n) is 5.98. The average Bonchev–Trinajstić information content (AvgIpc) is 1.96. The van der Waals surface area contributed by atoms with Gasteiger partial charge in [0.25, 0.3) is 6.43 Å².